The van der Waals surface area contributed by atoms with Gasteiger partial charge in [-0.25, -0.2) is 0 Å². The van der Waals surface area contributed by atoms with E-state index >= 15 is 0 Å². The van der Waals surface area contributed by atoms with Crippen LogP contribution in [0.4, 0.5) is 5.69 Å². The second-order valence-electron chi connectivity index (χ2n) is 7.42. The first-order valence-corrected chi connectivity index (χ1v) is 8.94. The molecule has 0 aromatic heterocycles. The van der Waals surface area contributed by atoms with Gasteiger partial charge in [0.25, 0.3) is 11.8 Å². The molecule has 1 N–H and O–H groups in total. The fourth-order valence-electron chi connectivity index (χ4n) is 3.13. The Morgan fingerprint density at radius 1 is 1.19 bits per heavy atom. The van der Waals surface area contributed by atoms with Crippen LogP contribution >= 0.6 is 0 Å². The third-order valence-corrected chi connectivity index (χ3v) is 4.73. The molecule has 1 saturated carbocycles. The van der Waals surface area contributed by atoms with Crippen LogP contribution in [0.1, 0.15) is 42.6 Å². The Labute approximate surface area is 153 Å². The standard InChI is InChI=1S/C21H22N2O3/c1-21(2)20(25)23(13-14-6-4-3-5-7-14)17-12-15(8-11-18(17)26-21)19(24)22-16-9-10-16/h3-8,11-12,16H,9-10,13H2,1-2H3,(H,22,24). The van der Waals surface area contributed by atoms with Crippen molar-refractivity contribution in [1.82, 2.24) is 5.32 Å². The molecule has 2 aliphatic rings. The third-order valence-electron chi connectivity index (χ3n) is 4.73. The van der Waals surface area contributed by atoms with Crippen LogP contribution in [0.5, 0.6) is 5.75 Å². The van der Waals surface area contributed by atoms with Gasteiger partial charge in [-0.3, -0.25) is 9.59 Å². The number of amides is 2. The lowest BCUT2D eigenvalue weighted by atomic mass is 10.0. The van der Waals surface area contributed by atoms with Crippen LogP contribution in [-0.4, -0.2) is 23.5 Å². The maximum atomic E-state index is 13.0. The number of nitrogens with zero attached hydrogens (tertiary/aromatic N) is 1. The summed E-state index contributed by atoms with van der Waals surface area (Å²) in [5.41, 5.74) is 1.27. The number of carbonyl (C=O) groups excluding carboxylic acids is 2. The number of hydrogen-bond donors (Lipinski definition) is 1. The number of ether oxygens (including phenoxy) is 1. The van der Waals surface area contributed by atoms with Gasteiger partial charge < -0.3 is 15.0 Å². The summed E-state index contributed by atoms with van der Waals surface area (Å²) in [4.78, 5) is 27.1. The predicted octanol–water partition coefficient (Wildman–Crippen LogP) is 3.28. The van der Waals surface area contributed by atoms with Crippen molar-refractivity contribution in [2.45, 2.75) is 44.9 Å². The first-order valence-electron chi connectivity index (χ1n) is 8.94. The van der Waals surface area contributed by atoms with Gasteiger partial charge in [-0.2, -0.15) is 0 Å². The summed E-state index contributed by atoms with van der Waals surface area (Å²) in [6.45, 7) is 3.97. The fourth-order valence-corrected chi connectivity index (χ4v) is 3.13. The number of benzene rings is 2. The highest BCUT2D eigenvalue weighted by Gasteiger charge is 2.41. The fraction of sp³-hybridized carbons (Fsp3) is 0.333. The van der Waals surface area contributed by atoms with E-state index in [2.05, 4.69) is 5.32 Å². The van der Waals surface area contributed by atoms with Gasteiger partial charge >= 0.3 is 0 Å². The maximum absolute atomic E-state index is 13.0. The van der Waals surface area contributed by atoms with Crippen LogP contribution in [-0.2, 0) is 11.3 Å². The molecule has 26 heavy (non-hydrogen) atoms. The van der Waals surface area contributed by atoms with Crippen molar-refractivity contribution in [3.8, 4) is 5.75 Å². The van der Waals surface area contributed by atoms with Crippen molar-refractivity contribution < 1.29 is 14.3 Å². The highest BCUT2D eigenvalue weighted by molar-refractivity contribution is 6.04. The van der Waals surface area contributed by atoms with E-state index in [0.717, 1.165) is 18.4 Å². The highest BCUT2D eigenvalue weighted by Crippen LogP contribution is 2.39. The van der Waals surface area contributed by atoms with Crippen molar-refractivity contribution in [1.29, 1.82) is 0 Å². The smallest absolute Gasteiger partial charge is 0.271 e. The molecule has 4 rings (SSSR count). The van der Waals surface area contributed by atoms with Gasteiger partial charge in [-0.15, -0.1) is 0 Å². The van der Waals surface area contributed by atoms with E-state index in [-0.39, 0.29) is 17.9 Å². The lowest BCUT2D eigenvalue weighted by molar-refractivity contribution is -0.132. The number of carbonyl (C=O) groups is 2. The van der Waals surface area contributed by atoms with Crippen LogP contribution < -0.4 is 15.0 Å². The Balaban J connectivity index is 1.70. The summed E-state index contributed by atoms with van der Waals surface area (Å²) in [5.74, 6) is 0.398. The molecule has 0 saturated heterocycles. The molecule has 0 unspecified atom stereocenters. The van der Waals surface area contributed by atoms with Gasteiger partial charge in [-0.05, 0) is 50.5 Å². The molecule has 1 aliphatic heterocycles. The van der Waals surface area contributed by atoms with Gasteiger partial charge in [0.05, 0.1) is 12.2 Å². The minimum absolute atomic E-state index is 0.104. The topological polar surface area (TPSA) is 58.6 Å². The number of fused-ring (bicyclic) bond motifs is 1. The average molecular weight is 350 g/mol. The molecule has 2 amide bonds. The summed E-state index contributed by atoms with van der Waals surface area (Å²) >= 11 is 0. The monoisotopic (exact) mass is 350 g/mol. The molecule has 134 valence electrons. The van der Waals surface area contributed by atoms with E-state index in [1.807, 2.05) is 30.3 Å². The van der Waals surface area contributed by atoms with Crippen LogP contribution in [0.3, 0.4) is 0 Å². The zero-order chi connectivity index (χ0) is 18.3. The Morgan fingerprint density at radius 2 is 1.92 bits per heavy atom. The number of hydrogen-bond acceptors (Lipinski definition) is 3. The molecule has 0 spiro atoms. The molecule has 2 aromatic rings. The van der Waals surface area contributed by atoms with Crippen molar-refractivity contribution in [3.05, 3.63) is 59.7 Å². The molecule has 1 aliphatic carbocycles. The average Bonchev–Trinajstić information content (AvgIpc) is 3.43. The normalized spacial score (nSPS) is 18.1. The van der Waals surface area contributed by atoms with E-state index in [4.69, 9.17) is 4.74 Å². The Kier molecular flexibility index (Phi) is 3.94. The Bertz CT molecular complexity index is 857. The molecular weight excluding hydrogens is 328 g/mol. The summed E-state index contributed by atoms with van der Waals surface area (Å²) < 4.78 is 5.90. The summed E-state index contributed by atoms with van der Waals surface area (Å²) in [7, 11) is 0. The largest absolute Gasteiger partial charge is 0.476 e. The third kappa shape index (κ3) is 3.17. The zero-order valence-corrected chi connectivity index (χ0v) is 15.0. The van der Waals surface area contributed by atoms with Gasteiger partial charge in [0.15, 0.2) is 5.60 Å². The predicted molar refractivity (Wildman–Crippen MR) is 99.3 cm³/mol. The summed E-state index contributed by atoms with van der Waals surface area (Å²) in [5, 5.41) is 2.99. The minimum Gasteiger partial charge on any atom is -0.476 e. The molecule has 5 heteroatoms. The van der Waals surface area contributed by atoms with Gasteiger partial charge in [0.2, 0.25) is 0 Å². The van der Waals surface area contributed by atoms with E-state index in [1.54, 1.807) is 36.9 Å². The number of anilines is 1. The van der Waals surface area contributed by atoms with Crippen molar-refractivity contribution in [2.24, 2.45) is 0 Å². The summed E-state index contributed by atoms with van der Waals surface area (Å²) in [6, 6.07) is 15.4. The molecule has 0 bridgehead atoms. The van der Waals surface area contributed by atoms with Crippen molar-refractivity contribution in [3.63, 3.8) is 0 Å². The van der Waals surface area contributed by atoms with Crippen LogP contribution in [0.25, 0.3) is 0 Å². The van der Waals surface area contributed by atoms with Crippen molar-refractivity contribution >= 4 is 17.5 Å². The minimum atomic E-state index is -0.945. The van der Waals surface area contributed by atoms with E-state index in [9.17, 15) is 9.59 Å². The van der Waals surface area contributed by atoms with Crippen LogP contribution in [0.15, 0.2) is 48.5 Å². The van der Waals surface area contributed by atoms with E-state index in [1.165, 1.54) is 0 Å². The number of nitrogens with one attached hydrogen (secondary N) is 1. The van der Waals surface area contributed by atoms with Crippen LogP contribution in [0.2, 0.25) is 0 Å². The first kappa shape index (κ1) is 16.6. The molecule has 0 atom stereocenters. The second-order valence-corrected chi connectivity index (χ2v) is 7.42. The quantitative estimate of drug-likeness (QED) is 0.921. The Morgan fingerprint density at radius 3 is 2.62 bits per heavy atom. The molecule has 1 fully saturated rings. The van der Waals surface area contributed by atoms with Crippen molar-refractivity contribution in [2.75, 3.05) is 4.90 Å². The van der Waals surface area contributed by atoms with E-state index < -0.39 is 5.60 Å². The zero-order valence-electron chi connectivity index (χ0n) is 15.0. The SMILES string of the molecule is CC1(C)Oc2ccc(C(=O)NC3CC3)cc2N(Cc2ccccc2)C1=O. The molecule has 5 nitrogen and oxygen atoms in total. The molecule has 1 heterocycles. The van der Waals surface area contributed by atoms with Gasteiger partial charge in [0.1, 0.15) is 5.75 Å². The summed E-state index contributed by atoms with van der Waals surface area (Å²) in [6.07, 6.45) is 2.07. The van der Waals surface area contributed by atoms with Gasteiger partial charge in [0, 0.05) is 11.6 Å². The second kappa shape index (κ2) is 6.16. The molecular formula is C21H22N2O3. The first-order chi connectivity index (χ1) is 12.4. The van der Waals surface area contributed by atoms with E-state index in [0.29, 0.717) is 23.5 Å². The maximum Gasteiger partial charge on any atom is 0.271 e. The molecule has 2 aromatic carbocycles. The lowest BCUT2D eigenvalue weighted by Gasteiger charge is -2.39. The Hall–Kier alpha value is -2.82. The van der Waals surface area contributed by atoms with Gasteiger partial charge in [-0.1, -0.05) is 30.3 Å². The highest BCUT2D eigenvalue weighted by atomic mass is 16.5. The number of rotatable bonds is 4. The molecule has 0 radical (unpaired) electrons. The lowest BCUT2D eigenvalue weighted by Crippen LogP contribution is -2.52. The van der Waals surface area contributed by atoms with Crippen LogP contribution in [0, 0.1) is 0 Å².